The zero-order valence-corrected chi connectivity index (χ0v) is 9.62. The van der Waals surface area contributed by atoms with E-state index in [1.54, 1.807) is 13.2 Å². The fourth-order valence-corrected chi connectivity index (χ4v) is 1.39. The number of carboxylic acid groups (broad SMARTS) is 1. The molecule has 2 N–H and O–H groups in total. The van der Waals surface area contributed by atoms with Crippen molar-refractivity contribution in [3.05, 3.63) is 42.4 Å². The lowest BCUT2D eigenvalue weighted by molar-refractivity contribution is 0.0690. The highest BCUT2D eigenvalue weighted by atomic mass is 16.5. The van der Waals surface area contributed by atoms with E-state index in [4.69, 9.17) is 9.84 Å². The van der Waals surface area contributed by atoms with Gasteiger partial charge in [-0.1, -0.05) is 6.07 Å². The zero-order valence-electron chi connectivity index (χ0n) is 9.62. The molecule has 0 saturated heterocycles. The molecule has 6 heteroatoms. The van der Waals surface area contributed by atoms with Crippen LogP contribution in [0, 0.1) is 0 Å². The second kappa shape index (κ2) is 5.13. The minimum absolute atomic E-state index is 0.0598. The minimum Gasteiger partial charge on any atom is -0.497 e. The molecule has 0 radical (unpaired) electrons. The van der Waals surface area contributed by atoms with E-state index in [0.717, 1.165) is 5.69 Å². The van der Waals surface area contributed by atoms with Gasteiger partial charge in [0.15, 0.2) is 5.69 Å². The van der Waals surface area contributed by atoms with Gasteiger partial charge in [-0.15, -0.1) is 0 Å². The summed E-state index contributed by atoms with van der Waals surface area (Å²) in [6.07, 6.45) is 1.20. The minimum atomic E-state index is -1.09. The predicted octanol–water partition coefficient (Wildman–Crippen LogP) is 1.93. The van der Waals surface area contributed by atoms with Crippen molar-refractivity contribution in [3.8, 4) is 5.75 Å². The van der Waals surface area contributed by atoms with Gasteiger partial charge >= 0.3 is 5.97 Å². The number of nitrogens with zero attached hydrogens (tertiary/aromatic N) is 2. The van der Waals surface area contributed by atoms with Crippen molar-refractivity contribution in [3.63, 3.8) is 0 Å². The highest BCUT2D eigenvalue weighted by Crippen LogP contribution is 2.20. The van der Waals surface area contributed by atoms with E-state index in [2.05, 4.69) is 15.3 Å². The monoisotopic (exact) mass is 245 g/mol. The molecule has 0 amide bonds. The van der Waals surface area contributed by atoms with Gasteiger partial charge in [-0.05, 0) is 12.1 Å². The average molecular weight is 245 g/mol. The maximum absolute atomic E-state index is 10.8. The third-order valence-corrected chi connectivity index (χ3v) is 2.23. The van der Waals surface area contributed by atoms with Crippen molar-refractivity contribution in [1.82, 2.24) is 9.97 Å². The van der Waals surface area contributed by atoms with Crippen LogP contribution in [0.5, 0.6) is 5.75 Å². The Morgan fingerprint density at radius 1 is 1.33 bits per heavy atom. The number of nitrogens with one attached hydrogen (secondary N) is 1. The van der Waals surface area contributed by atoms with Gasteiger partial charge in [0.1, 0.15) is 17.9 Å². The number of anilines is 2. The number of hydrogen-bond donors (Lipinski definition) is 2. The lowest BCUT2D eigenvalue weighted by Gasteiger charge is -2.07. The van der Waals surface area contributed by atoms with E-state index < -0.39 is 5.97 Å². The smallest absolute Gasteiger partial charge is 0.354 e. The Labute approximate surface area is 103 Å². The van der Waals surface area contributed by atoms with Crippen molar-refractivity contribution in [1.29, 1.82) is 0 Å². The Bertz CT molecular complexity index is 572. The van der Waals surface area contributed by atoms with Gasteiger partial charge in [0.2, 0.25) is 0 Å². The first-order valence-electron chi connectivity index (χ1n) is 5.15. The molecule has 0 atom stereocenters. The van der Waals surface area contributed by atoms with Crippen LogP contribution in [0.25, 0.3) is 0 Å². The molecule has 0 saturated carbocycles. The number of aromatic nitrogens is 2. The predicted molar refractivity (Wildman–Crippen MR) is 65.3 cm³/mol. The van der Waals surface area contributed by atoms with Gasteiger partial charge in [0.25, 0.3) is 0 Å². The van der Waals surface area contributed by atoms with Crippen LogP contribution < -0.4 is 10.1 Å². The topological polar surface area (TPSA) is 84.3 Å². The molecule has 0 aliphatic heterocycles. The standard InChI is InChI=1S/C12H11N3O3/c1-18-9-4-2-3-8(5-9)15-11-6-10(12(16)17)13-7-14-11/h2-7H,1H3,(H,16,17)(H,13,14,15). The Morgan fingerprint density at radius 2 is 2.17 bits per heavy atom. The van der Waals surface area contributed by atoms with Crippen molar-refractivity contribution in [2.24, 2.45) is 0 Å². The number of rotatable bonds is 4. The van der Waals surface area contributed by atoms with E-state index in [0.29, 0.717) is 11.6 Å². The maximum Gasteiger partial charge on any atom is 0.354 e. The second-order valence-corrected chi connectivity index (χ2v) is 3.45. The molecule has 0 aliphatic carbocycles. The second-order valence-electron chi connectivity index (χ2n) is 3.45. The summed E-state index contributed by atoms with van der Waals surface area (Å²) in [7, 11) is 1.58. The molecule has 2 rings (SSSR count). The summed E-state index contributed by atoms with van der Waals surface area (Å²) in [6.45, 7) is 0. The van der Waals surface area contributed by atoms with Crippen LogP contribution in [-0.2, 0) is 0 Å². The summed E-state index contributed by atoms with van der Waals surface area (Å²) in [5, 5.41) is 11.8. The molecule has 6 nitrogen and oxygen atoms in total. The van der Waals surface area contributed by atoms with E-state index >= 15 is 0 Å². The van der Waals surface area contributed by atoms with Crippen molar-refractivity contribution in [2.75, 3.05) is 12.4 Å². The molecule has 1 aromatic carbocycles. The van der Waals surface area contributed by atoms with E-state index in [1.165, 1.54) is 12.4 Å². The fourth-order valence-electron chi connectivity index (χ4n) is 1.39. The molecular weight excluding hydrogens is 234 g/mol. The number of aromatic carboxylic acids is 1. The Morgan fingerprint density at radius 3 is 2.89 bits per heavy atom. The summed E-state index contributed by atoms with van der Waals surface area (Å²) < 4.78 is 5.09. The number of carboxylic acids is 1. The maximum atomic E-state index is 10.8. The number of ether oxygens (including phenoxy) is 1. The quantitative estimate of drug-likeness (QED) is 0.856. The number of carbonyl (C=O) groups is 1. The number of benzene rings is 1. The van der Waals surface area contributed by atoms with Gasteiger partial charge in [-0.25, -0.2) is 14.8 Å². The van der Waals surface area contributed by atoms with Crippen molar-refractivity contribution < 1.29 is 14.6 Å². The lowest BCUT2D eigenvalue weighted by atomic mass is 10.3. The molecular formula is C12H11N3O3. The molecule has 18 heavy (non-hydrogen) atoms. The molecule has 0 bridgehead atoms. The highest BCUT2D eigenvalue weighted by molar-refractivity contribution is 5.86. The van der Waals surface area contributed by atoms with E-state index in [9.17, 15) is 4.79 Å². The van der Waals surface area contributed by atoms with Crippen LogP contribution in [0.2, 0.25) is 0 Å². The van der Waals surface area contributed by atoms with Crippen LogP contribution in [0.1, 0.15) is 10.5 Å². The molecule has 1 heterocycles. The molecule has 1 aromatic heterocycles. The lowest BCUT2D eigenvalue weighted by Crippen LogP contribution is -2.03. The summed E-state index contributed by atoms with van der Waals surface area (Å²) in [4.78, 5) is 18.4. The van der Waals surface area contributed by atoms with Gasteiger partial charge < -0.3 is 15.2 Å². The summed E-state index contributed by atoms with van der Waals surface area (Å²) in [5.74, 6) is 0.0225. The van der Waals surface area contributed by atoms with Crippen molar-refractivity contribution >= 4 is 17.5 Å². The van der Waals surface area contributed by atoms with Gasteiger partial charge in [-0.2, -0.15) is 0 Å². The molecule has 0 fully saturated rings. The van der Waals surface area contributed by atoms with Crippen molar-refractivity contribution in [2.45, 2.75) is 0 Å². The highest BCUT2D eigenvalue weighted by Gasteiger charge is 2.06. The van der Waals surface area contributed by atoms with Crippen LogP contribution >= 0.6 is 0 Å². The third kappa shape index (κ3) is 2.73. The normalized spacial score (nSPS) is 9.83. The summed E-state index contributed by atoms with van der Waals surface area (Å²) >= 11 is 0. The van der Waals surface area contributed by atoms with Gasteiger partial charge in [-0.3, -0.25) is 0 Å². The molecule has 2 aromatic rings. The SMILES string of the molecule is COc1cccc(Nc2cc(C(=O)O)ncn2)c1. The number of methoxy groups -OCH3 is 1. The molecule has 0 aliphatic rings. The Balaban J connectivity index is 2.22. The van der Waals surface area contributed by atoms with E-state index in [1.807, 2.05) is 18.2 Å². The first kappa shape index (κ1) is 11.8. The largest absolute Gasteiger partial charge is 0.497 e. The fraction of sp³-hybridized carbons (Fsp3) is 0.0833. The van der Waals surface area contributed by atoms with Crippen LogP contribution in [0.3, 0.4) is 0 Å². The van der Waals surface area contributed by atoms with Crippen LogP contribution in [0.15, 0.2) is 36.7 Å². The first-order valence-corrected chi connectivity index (χ1v) is 5.15. The average Bonchev–Trinajstić information content (AvgIpc) is 2.39. The molecule has 0 spiro atoms. The zero-order chi connectivity index (χ0) is 13.0. The van der Waals surface area contributed by atoms with Gasteiger partial charge in [0, 0.05) is 17.8 Å². The van der Waals surface area contributed by atoms with Crippen LogP contribution in [0.4, 0.5) is 11.5 Å². The summed E-state index contributed by atoms with van der Waals surface area (Å²) in [6, 6.07) is 8.60. The number of hydrogen-bond acceptors (Lipinski definition) is 5. The van der Waals surface area contributed by atoms with E-state index in [-0.39, 0.29) is 5.69 Å². The van der Waals surface area contributed by atoms with Gasteiger partial charge in [0.05, 0.1) is 7.11 Å². The summed E-state index contributed by atoms with van der Waals surface area (Å²) in [5.41, 5.74) is 0.694. The Hall–Kier alpha value is -2.63. The molecule has 0 unspecified atom stereocenters. The third-order valence-electron chi connectivity index (χ3n) is 2.23. The van der Waals surface area contributed by atoms with Crippen LogP contribution in [-0.4, -0.2) is 28.2 Å². The molecule has 92 valence electrons. The Kier molecular flexibility index (Phi) is 3.38. The first-order chi connectivity index (χ1) is 8.69.